The number of allylic oxidation sites excluding steroid dienone is 1. The minimum atomic E-state index is -0.0501. The van der Waals surface area contributed by atoms with Crippen molar-refractivity contribution < 1.29 is 9.53 Å². The van der Waals surface area contributed by atoms with E-state index < -0.39 is 0 Å². The zero-order valence-corrected chi connectivity index (χ0v) is 19.8. The van der Waals surface area contributed by atoms with Crippen molar-refractivity contribution in [3.63, 3.8) is 0 Å². The first-order chi connectivity index (χ1) is 16.1. The van der Waals surface area contributed by atoms with Gasteiger partial charge in [-0.1, -0.05) is 54.2 Å². The van der Waals surface area contributed by atoms with Crippen molar-refractivity contribution in [3.8, 4) is 5.75 Å². The minimum absolute atomic E-state index is 0.0450. The van der Waals surface area contributed by atoms with Crippen LogP contribution in [-0.2, 0) is 30.8 Å². The van der Waals surface area contributed by atoms with Crippen LogP contribution in [-0.4, -0.2) is 26.4 Å². The normalized spacial score (nSPS) is 13.7. The van der Waals surface area contributed by atoms with Gasteiger partial charge in [-0.05, 0) is 61.4 Å². The van der Waals surface area contributed by atoms with E-state index in [4.69, 9.17) is 4.74 Å². The van der Waals surface area contributed by atoms with E-state index in [0.717, 1.165) is 24.2 Å². The second kappa shape index (κ2) is 11.2. The van der Waals surface area contributed by atoms with Gasteiger partial charge in [0.15, 0.2) is 11.0 Å². The first kappa shape index (κ1) is 23.1. The first-order valence-corrected chi connectivity index (χ1v) is 12.4. The summed E-state index contributed by atoms with van der Waals surface area (Å²) < 4.78 is 7.99. The zero-order valence-electron chi connectivity index (χ0n) is 19.0. The molecule has 172 valence electrons. The molecule has 0 fully saturated rings. The van der Waals surface area contributed by atoms with Gasteiger partial charge in [0, 0.05) is 6.54 Å². The van der Waals surface area contributed by atoms with E-state index in [-0.39, 0.29) is 17.7 Å². The Balaban J connectivity index is 1.35. The number of amides is 1. The van der Waals surface area contributed by atoms with Crippen LogP contribution in [0.5, 0.6) is 5.75 Å². The number of nitrogens with one attached hydrogen (secondary N) is 1. The van der Waals surface area contributed by atoms with Gasteiger partial charge >= 0.3 is 0 Å². The fourth-order valence-electron chi connectivity index (χ4n) is 4.03. The Kier molecular flexibility index (Phi) is 7.83. The standard InChI is InChI=1S/C26H30N4O2S/c1-3-15-30-24(17-32-23-14-13-21-11-7-8-12-22(21)16-23)28-29-26(30)33-18-25(31)27-19(2)20-9-5-4-6-10-20/h3-6,9-10,13-14,16,19H,1,7-8,11-12,15,17-18H2,2H3,(H,27,31). The van der Waals surface area contributed by atoms with E-state index in [2.05, 4.69) is 34.2 Å². The Morgan fingerprint density at radius 2 is 1.97 bits per heavy atom. The van der Waals surface area contributed by atoms with Crippen LogP contribution in [0.25, 0.3) is 0 Å². The predicted molar refractivity (Wildman–Crippen MR) is 131 cm³/mol. The lowest BCUT2D eigenvalue weighted by molar-refractivity contribution is -0.119. The topological polar surface area (TPSA) is 69.0 Å². The van der Waals surface area contributed by atoms with Crippen LogP contribution in [0.3, 0.4) is 0 Å². The van der Waals surface area contributed by atoms with E-state index >= 15 is 0 Å². The van der Waals surface area contributed by atoms with Gasteiger partial charge in [0.1, 0.15) is 12.4 Å². The SMILES string of the molecule is C=CCn1c(COc2ccc3c(c2)CCCC3)nnc1SCC(=O)NC(C)c1ccccc1. The number of aromatic nitrogens is 3. The van der Waals surface area contributed by atoms with Crippen LogP contribution < -0.4 is 10.1 Å². The Bertz CT molecular complexity index is 1100. The summed E-state index contributed by atoms with van der Waals surface area (Å²) in [7, 11) is 0. The summed E-state index contributed by atoms with van der Waals surface area (Å²) in [4.78, 5) is 12.5. The largest absolute Gasteiger partial charge is 0.486 e. The van der Waals surface area contributed by atoms with Crippen molar-refractivity contribution in [3.05, 3.63) is 83.7 Å². The molecule has 1 aliphatic carbocycles. The molecule has 2 aromatic carbocycles. The monoisotopic (exact) mass is 462 g/mol. The molecule has 1 amide bonds. The molecule has 7 heteroatoms. The number of nitrogens with zero attached hydrogens (tertiary/aromatic N) is 3. The summed E-state index contributed by atoms with van der Waals surface area (Å²) in [6.45, 7) is 6.70. The third kappa shape index (κ3) is 6.05. The molecule has 0 aliphatic heterocycles. The Morgan fingerprint density at radius 3 is 2.76 bits per heavy atom. The van der Waals surface area contributed by atoms with Crippen LogP contribution in [0.4, 0.5) is 0 Å². The van der Waals surface area contributed by atoms with Crippen LogP contribution in [0, 0.1) is 0 Å². The van der Waals surface area contributed by atoms with Crippen LogP contribution >= 0.6 is 11.8 Å². The lowest BCUT2D eigenvalue weighted by atomic mass is 9.92. The van der Waals surface area contributed by atoms with E-state index in [1.807, 2.05) is 47.9 Å². The molecule has 1 heterocycles. The number of hydrogen-bond acceptors (Lipinski definition) is 5. The van der Waals surface area contributed by atoms with Crippen LogP contribution in [0.1, 0.15) is 48.3 Å². The fraction of sp³-hybridized carbons (Fsp3) is 0.346. The maximum Gasteiger partial charge on any atom is 0.230 e. The second-order valence-corrected chi connectivity index (χ2v) is 9.16. The van der Waals surface area contributed by atoms with Gasteiger partial charge in [-0.2, -0.15) is 0 Å². The van der Waals surface area contributed by atoms with Gasteiger partial charge in [0.2, 0.25) is 5.91 Å². The molecule has 4 rings (SSSR count). The van der Waals surface area contributed by atoms with Crippen molar-refractivity contribution in [1.82, 2.24) is 20.1 Å². The molecular formula is C26H30N4O2S. The highest BCUT2D eigenvalue weighted by molar-refractivity contribution is 7.99. The maximum atomic E-state index is 12.5. The summed E-state index contributed by atoms with van der Waals surface area (Å²) in [6, 6.07) is 16.2. The van der Waals surface area contributed by atoms with Gasteiger partial charge in [-0.3, -0.25) is 9.36 Å². The van der Waals surface area contributed by atoms with Crippen molar-refractivity contribution in [2.24, 2.45) is 0 Å². The Hall–Kier alpha value is -3.06. The number of fused-ring (bicyclic) bond motifs is 1. The average Bonchev–Trinajstić information content (AvgIpc) is 3.23. The zero-order chi connectivity index (χ0) is 23.0. The van der Waals surface area contributed by atoms with E-state index in [9.17, 15) is 4.79 Å². The number of thioether (sulfide) groups is 1. The third-order valence-electron chi connectivity index (χ3n) is 5.80. The summed E-state index contributed by atoms with van der Waals surface area (Å²) in [6.07, 6.45) is 6.57. The second-order valence-electron chi connectivity index (χ2n) is 8.21. The molecule has 33 heavy (non-hydrogen) atoms. The van der Waals surface area contributed by atoms with Gasteiger partial charge in [-0.15, -0.1) is 16.8 Å². The number of aryl methyl sites for hydroxylation is 2. The molecule has 1 aliphatic rings. The molecule has 6 nitrogen and oxygen atoms in total. The lowest BCUT2D eigenvalue weighted by Crippen LogP contribution is -2.28. The molecule has 1 unspecified atom stereocenters. The van der Waals surface area contributed by atoms with Crippen molar-refractivity contribution in [2.45, 2.75) is 57.0 Å². The highest BCUT2D eigenvalue weighted by Gasteiger charge is 2.16. The summed E-state index contributed by atoms with van der Waals surface area (Å²) in [5.74, 6) is 1.79. The molecule has 0 saturated carbocycles. The summed E-state index contributed by atoms with van der Waals surface area (Å²) >= 11 is 1.37. The fourth-order valence-corrected chi connectivity index (χ4v) is 4.81. The van der Waals surface area contributed by atoms with E-state index in [1.165, 1.54) is 35.7 Å². The molecule has 1 atom stereocenters. The molecule has 1 aromatic heterocycles. The lowest BCUT2D eigenvalue weighted by Gasteiger charge is -2.17. The number of carbonyl (C=O) groups is 1. The first-order valence-electron chi connectivity index (χ1n) is 11.4. The maximum absolute atomic E-state index is 12.5. The van der Waals surface area contributed by atoms with Gasteiger partial charge in [-0.25, -0.2) is 0 Å². The highest BCUT2D eigenvalue weighted by Crippen LogP contribution is 2.26. The Labute approximate surface area is 199 Å². The number of benzene rings is 2. The molecule has 0 spiro atoms. The number of hydrogen-bond donors (Lipinski definition) is 1. The molecule has 1 N–H and O–H groups in total. The predicted octanol–water partition coefficient (Wildman–Crippen LogP) is 4.89. The van der Waals surface area contributed by atoms with Gasteiger partial charge < -0.3 is 10.1 Å². The Morgan fingerprint density at radius 1 is 1.18 bits per heavy atom. The average molecular weight is 463 g/mol. The van der Waals surface area contributed by atoms with Gasteiger partial charge in [0.25, 0.3) is 0 Å². The van der Waals surface area contributed by atoms with E-state index in [1.54, 1.807) is 6.08 Å². The molecule has 0 radical (unpaired) electrons. The van der Waals surface area contributed by atoms with Crippen molar-refractivity contribution >= 4 is 17.7 Å². The molecule has 0 saturated heterocycles. The summed E-state index contributed by atoms with van der Waals surface area (Å²) in [5.41, 5.74) is 3.90. The van der Waals surface area contributed by atoms with Crippen molar-refractivity contribution in [2.75, 3.05) is 5.75 Å². The molecular weight excluding hydrogens is 432 g/mol. The third-order valence-corrected chi connectivity index (χ3v) is 6.77. The number of carbonyl (C=O) groups excluding carboxylic acids is 1. The quantitative estimate of drug-likeness (QED) is 0.343. The smallest absolute Gasteiger partial charge is 0.230 e. The minimum Gasteiger partial charge on any atom is -0.486 e. The van der Waals surface area contributed by atoms with Gasteiger partial charge in [0.05, 0.1) is 11.8 Å². The summed E-state index contributed by atoms with van der Waals surface area (Å²) in [5, 5.41) is 12.3. The van der Waals surface area contributed by atoms with Crippen molar-refractivity contribution in [1.29, 1.82) is 0 Å². The van der Waals surface area contributed by atoms with Crippen LogP contribution in [0.15, 0.2) is 66.3 Å². The van der Waals surface area contributed by atoms with E-state index in [0.29, 0.717) is 24.1 Å². The number of rotatable bonds is 10. The number of ether oxygens (including phenoxy) is 1. The molecule has 3 aromatic rings. The highest BCUT2D eigenvalue weighted by atomic mass is 32.2. The molecule has 0 bridgehead atoms. The van der Waals surface area contributed by atoms with Crippen LogP contribution in [0.2, 0.25) is 0 Å².